The van der Waals surface area contributed by atoms with Gasteiger partial charge in [-0.25, -0.2) is 13.4 Å². The zero-order chi connectivity index (χ0) is 18.0. The van der Waals surface area contributed by atoms with Gasteiger partial charge in [0.1, 0.15) is 5.52 Å². The number of carboxylic acids is 1. The van der Waals surface area contributed by atoms with Crippen LogP contribution in [0.5, 0.6) is 0 Å². The highest BCUT2D eigenvalue weighted by molar-refractivity contribution is 7.93. The third-order valence-corrected chi connectivity index (χ3v) is 4.54. The van der Waals surface area contributed by atoms with Crippen LogP contribution < -0.4 is 4.72 Å². The van der Waals surface area contributed by atoms with Gasteiger partial charge in [0, 0.05) is 17.8 Å². The van der Waals surface area contributed by atoms with Crippen LogP contribution in [0.15, 0.2) is 42.7 Å². The Morgan fingerprint density at radius 2 is 1.92 bits per heavy atom. The van der Waals surface area contributed by atoms with Crippen molar-refractivity contribution in [3.63, 3.8) is 0 Å². The lowest BCUT2D eigenvalue weighted by molar-refractivity contribution is -0.134. The molecular formula is C16H14N4O4S. The van der Waals surface area contributed by atoms with Crippen LogP contribution in [0.3, 0.4) is 0 Å². The maximum absolute atomic E-state index is 12.0. The van der Waals surface area contributed by atoms with Crippen LogP contribution in [0, 0.1) is 6.92 Å². The number of carboxylic acid groups (broad SMARTS) is 1. The van der Waals surface area contributed by atoms with E-state index in [2.05, 4.69) is 19.7 Å². The van der Waals surface area contributed by atoms with Crippen molar-refractivity contribution in [3.8, 4) is 11.4 Å². The summed E-state index contributed by atoms with van der Waals surface area (Å²) in [6.45, 7) is 1.87. The molecule has 0 aliphatic rings. The Morgan fingerprint density at radius 1 is 1.20 bits per heavy atom. The van der Waals surface area contributed by atoms with E-state index in [0.717, 1.165) is 5.56 Å². The molecule has 3 aromatic heterocycles. The molecule has 0 amide bonds. The van der Waals surface area contributed by atoms with Gasteiger partial charge in [0.15, 0.2) is 11.6 Å². The molecule has 2 N–H and O–H groups in total. The largest absolute Gasteiger partial charge is 0.480 e. The SMILES string of the molecule is Cc1cccnc1-c1cc2cccnc2c(NS(=O)(=O)CC(=O)O)n1. The summed E-state index contributed by atoms with van der Waals surface area (Å²) in [5.41, 5.74) is 2.27. The van der Waals surface area contributed by atoms with Gasteiger partial charge in [-0.05, 0) is 30.7 Å². The average molecular weight is 358 g/mol. The fourth-order valence-electron chi connectivity index (χ4n) is 2.38. The van der Waals surface area contributed by atoms with Crippen LogP contribution in [0.4, 0.5) is 5.82 Å². The molecule has 0 aromatic carbocycles. The number of carbonyl (C=O) groups is 1. The first-order chi connectivity index (χ1) is 11.9. The topological polar surface area (TPSA) is 122 Å². The van der Waals surface area contributed by atoms with Crippen molar-refractivity contribution < 1.29 is 18.3 Å². The lowest BCUT2D eigenvalue weighted by atomic mass is 10.1. The number of nitrogens with zero attached hydrogens (tertiary/aromatic N) is 3. The van der Waals surface area contributed by atoms with E-state index in [1.807, 2.05) is 13.0 Å². The molecule has 0 bridgehead atoms. The lowest BCUT2D eigenvalue weighted by Crippen LogP contribution is -2.23. The van der Waals surface area contributed by atoms with Crippen LogP contribution >= 0.6 is 0 Å². The Bertz CT molecular complexity index is 1070. The zero-order valence-corrected chi connectivity index (χ0v) is 14.0. The summed E-state index contributed by atoms with van der Waals surface area (Å²) < 4.78 is 26.2. The second kappa shape index (κ2) is 6.44. The van der Waals surface area contributed by atoms with Gasteiger partial charge >= 0.3 is 5.97 Å². The molecule has 25 heavy (non-hydrogen) atoms. The third-order valence-electron chi connectivity index (χ3n) is 3.41. The normalized spacial score (nSPS) is 11.4. The van der Waals surface area contributed by atoms with Crippen molar-refractivity contribution in [3.05, 3.63) is 48.3 Å². The van der Waals surface area contributed by atoms with Gasteiger partial charge in [0.25, 0.3) is 0 Å². The summed E-state index contributed by atoms with van der Waals surface area (Å²) in [6, 6.07) is 8.89. The van der Waals surface area contributed by atoms with Gasteiger partial charge in [-0.1, -0.05) is 12.1 Å². The van der Waals surface area contributed by atoms with Crippen LogP contribution in [0.1, 0.15) is 5.56 Å². The van der Waals surface area contributed by atoms with E-state index in [4.69, 9.17) is 5.11 Å². The van der Waals surface area contributed by atoms with Crippen LogP contribution in [-0.2, 0) is 14.8 Å². The van der Waals surface area contributed by atoms with E-state index in [1.165, 1.54) is 6.20 Å². The van der Waals surface area contributed by atoms with E-state index in [0.29, 0.717) is 22.3 Å². The molecule has 0 atom stereocenters. The van der Waals surface area contributed by atoms with E-state index in [1.54, 1.807) is 30.5 Å². The number of fused-ring (bicyclic) bond motifs is 1. The monoisotopic (exact) mass is 358 g/mol. The molecule has 0 aliphatic heterocycles. The van der Waals surface area contributed by atoms with Gasteiger partial charge in [-0.15, -0.1) is 0 Å². The van der Waals surface area contributed by atoms with E-state index < -0.39 is 21.7 Å². The smallest absolute Gasteiger partial charge is 0.320 e. The standard InChI is InChI=1S/C16H14N4O4S/c1-10-4-2-6-17-14(10)12-8-11-5-3-7-18-15(11)16(19-12)20-25(23,24)9-13(21)22/h2-8H,9H2,1H3,(H,19,20)(H,21,22). The molecule has 8 nitrogen and oxygen atoms in total. The molecule has 9 heteroatoms. The minimum Gasteiger partial charge on any atom is -0.480 e. The van der Waals surface area contributed by atoms with Gasteiger partial charge in [-0.2, -0.15) is 0 Å². The summed E-state index contributed by atoms with van der Waals surface area (Å²) in [5.74, 6) is -2.54. The zero-order valence-electron chi connectivity index (χ0n) is 13.2. The van der Waals surface area contributed by atoms with Crippen molar-refractivity contribution in [2.75, 3.05) is 10.5 Å². The minimum absolute atomic E-state index is 0.0283. The second-order valence-corrected chi connectivity index (χ2v) is 7.08. The lowest BCUT2D eigenvalue weighted by Gasteiger charge is -2.11. The fraction of sp³-hybridized carbons (Fsp3) is 0.125. The van der Waals surface area contributed by atoms with Crippen molar-refractivity contribution >= 4 is 32.7 Å². The van der Waals surface area contributed by atoms with Crippen molar-refractivity contribution in [2.45, 2.75) is 6.92 Å². The number of sulfonamides is 1. The van der Waals surface area contributed by atoms with E-state index >= 15 is 0 Å². The number of aromatic nitrogens is 3. The van der Waals surface area contributed by atoms with Crippen molar-refractivity contribution in [1.82, 2.24) is 15.0 Å². The Kier molecular flexibility index (Phi) is 4.32. The summed E-state index contributed by atoms with van der Waals surface area (Å²) in [5, 5.41) is 9.40. The Balaban J connectivity index is 2.17. The van der Waals surface area contributed by atoms with E-state index in [9.17, 15) is 13.2 Å². The molecule has 3 aromatic rings. The minimum atomic E-state index is -4.11. The number of aryl methyl sites for hydroxylation is 1. The Hall–Kier alpha value is -3.07. The quantitative estimate of drug-likeness (QED) is 0.713. The number of hydrogen-bond acceptors (Lipinski definition) is 6. The van der Waals surface area contributed by atoms with Crippen molar-refractivity contribution in [2.24, 2.45) is 0 Å². The first-order valence-electron chi connectivity index (χ1n) is 7.26. The predicted octanol–water partition coefficient (Wildman–Crippen LogP) is 1.83. The summed E-state index contributed by atoms with van der Waals surface area (Å²) >= 11 is 0. The van der Waals surface area contributed by atoms with Gasteiger partial charge in [0.2, 0.25) is 10.0 Å². The van der Waals surface area contributed by atoms with Crippen LogP contribution in [-0.4, -0.2) is 40.2 Å². The fourth-order valence-corrected chi connectivity index (χ4v) is 3.21. The highest BCUT2D eigenvalue weighted by Gasteiger charge is 2.19. The molecule has 0 aliphatic carbocycles. The Morgan fingerprint density at radius 3 is 2.64 bits per heavy atom. The second-order valence-electron chi connectivity index (χ2n) is 5.36. The molecule has 128 valence electrons. The first-order valence-corrected chi connectivity index (χ1v) is 8.91. The number of anilines is 1. The molecule has 0 saturated heterocycles. The highest BCUT2D eigenvalue weighted by Crippen LogP contribution is 2.27. The molecule has 3 rings (SSSR count). The molecule has 0 radical (unpaired) electrons. The first kappa shape index (κ1) is 16.8. The number of aliphatic carboxylic acids is 1. The molecule has 0 fully saturated rings. The van der Waals surface area contributed by atoms with Crippen LogP contribution in [0.25, 0.3) is 22.3 Å². The summed E-state index contributed by atoms with van der Waals surface area (Å²) in [6.07, 6.45) is 3.12. The third kappa shape index (κ3) is 3.72. The van der Waals surface area contributed by atoms with E-state index in [-0.39, 0.29) is 5.82 Å². The van der Waals surface area contributed by atoms with Crippen LogP contribution in [0.2, 0.25) is 0 Å². The Labute approximate surface area is 143 Å². The van der Waals surface area contributed by atoms with Gasteiger partial charge < -0.3 is 5.11 Å². The number of hydrogen-bond donors (Lipinski definition) is 2. The van der Waals surface area contributed by atoms with Crippen molar-refractivity contribution in [1.29, 1.82) is 0 Å². The summed E-state index contributed by atoms with van der Waals surface area (Å²) in [7, 11) is -4.11. The molecule has 3 heterocycles. The van der Waals surface area contributed by atoms with Gasteiger partial charge in [0.05, 0.1) is 11.4 Å². The molecule has 0 unspecified atom stereocenters. The maximum atomic E-state index is 12.0. The molecule has 0 spiro atoms. The summed E-state index contributed by atoms with van der Waals surface area (Å²) in [4.78, 5) is 23.5. The highest BCUT2D eigenvalue weighted by atomic mass is 32.2. The maximum Gasteiger partial charge on any atom is 0.320 e. The number of pyridine rings is 3. The number of nitrogens with one attached hydrogen (secondary N) is 1. The predicted molar refractivity (Wildman–Crippen MR) is 92.6 cm³/mol. The molecular weight excluding hydrogens is 344 g/mol. The average Bonchev–Trinajstić information content (AvgIpc) is 2.53. The van der Waals surface area contributed by atoms with Gasteiger partial charge in [-0.3, -0.25) is 19.5 Å². The molecule has 0 saturated carbocycles. The number of rotatable bonds is 5.